The highest BCUT2D eigenvalue weighted by molar-refractivity contribution is 7.07. The van der Waals surface area contributed by atoms with E-state index >= 15 is 0 Å². The first kappa shape index (κ1) is 9.61. The van der Waals surface area contributed by atoms with Gasteiger partial charge in [0.05, 0.1) is 11.0 Å². The van der Waals surface area contributed by atoms with Gasteiger partial charge in [0.1, 0.15) is 5.69 Å². The molecule has 1 atom stereocenters. The van der Waals surface area contributed by atoms with Crippen molar-refractivity contribution in [2.75, 3.05) is 13.1 Å². The maximum Gasteiger partial charge on any atom is 0.271 e. The van der Waals surface area contributed by atoms with Gasteiger partial charge in [0.25, 0.3) is 5.91 Å². The quantitative estimate of drug-likeness (QED) is 0.754. The van der Waals surface area contributed by atoms with Crippen molar-refractivity contribution >= 4 is 17.2 Å². The van der Waals surface area contributed by atoms with Gasteiger partial charge >= 0.3 is 0 Å². The second-order valence-electron chi connectivity index (χ2n) is 3.82. The molecule has 1 aromatic heterocycles. The first-order valence-corrected chi connectivity index (χ1v) is 5.55. The lowest BCUT2D eigenvalue weighted by Gasteiger charge is -2.23. The van der Waals surface area contributed by atoms with Crippen LogP contribution in [-0.4, -0.2) is 29.5 Å². The number of hydrogen-bond donors (Lipinski definition) is 2. The minimum absolute atomic E-state index is 0.0718. The Hall–Kier alpha value is -0.940. The Morgan fingerprint density at radius 2 is 2.64 bits per heavy atom. The van der Waals surface area contributed by atoms with Gasteiger partial charge < -0.3 is 10.6 Å². The topological polar surface area (TPSA) is 54.0 Å². The van der Waals surface area contributed by atoms with Crippen LogP contribution in [0.4, 0.5) is 0 Å². The molecule has 0 aromatic carbocycles. The number of aromatic nitrogens is 1. The predicted molar refractivity (Wildman–Crippen MR) is 55.5 cm³/mol. The molecule has 4 nitrogen and oxygen atoms in total. The van der Waals surface area contributed by atoms with Gasteiger partial charge in [0.15, 0.2) is 0 Å². The lowest BCUT2D eigenvalue weighted by molar-refractivity contribution is 0.0908. The summed E-state index contributed by atoms with van der Waals surface area (Å²) < 4.78 is 0. The second-order valence-corrected chi connectivity index (χ2v) is 4.53. The van der Waals surface area contributed by atoms with Crippen molar-refractivity contribution in [1.82, 2.24) is 15.6 Å². The van der Waals surface area contributed by atoms with Crippen LogP contribution in [0.15, 0.2) is 10.9 Å². The van der Waals surface area contributed by atoms with Crippen LogP contribution in [0.2, 0.25) is 0 Å². The van der Waals surface area contributed by atoms with Crippen LogP contribution >= 0.6 is 11.3 Å². The number of thiazole rings is 1. The van der Waals surface area contributed by atoms with E-state index in [1.54, 1.807) is 10.9 Å². The summed E-state index contributed by atoms with van der Waals surface area (Å²) in [6, 6.07) is 0. The molecule has 0 spiro atoms. The summed E-state index contributed by atoms with van der Waals surface area (Å²) in [5, 5.41) is 8.00. The van der Waals surface area contributed by atoms with Crippen molar-refractivity contribution in [2.24, 2.45) is 0 Å². The maximum absolute atomic E-state index is 11.7. The summed E-state index contributed by atoms with van der Waals surface area (Å²) in [6.45, 7) is 3.86. The monoisotopic (exact) mass is 211 g/mol. The lowest BCUT2D eigenvalue weighted by Crippen LogP contribution is -2.47. The Kier molecular flexibility index (Phi) is 2.52. The van der Waals surface area contributed by atoms with Crippen molar-refractivity contribution in [2.45, 2.75) is 18.9 Å². The van der Waals surface area contributed by atoms with Gasteiger partial charge in [-0.2, -0.15) is 0 Å². The van der Waals surface area contributed by atoms with Crippen molar-refractivity contribution in [1.29, 1.82) is 0 Å². The highest BCUT2D eigenvalue weighted by Gasteiger charge is 2.30. The van der Waals surface area contributed by atoms with Gasteiger partial charge in [-0.1, -0.05) is 0 Å². The van der Waals surface area contributed by atoms with E-state index in [1.807, 2.05) is 0 Å². The Bertz CT molecular complexity index is 317. The Morgan fingerprint density at radius 3 is 3.21 bits per heavy atom. The molecule has 0 radical (unpaired) electrons. The van der Waals surface area contributed by atoms with Crippen molar-refractivity contribution < 1.29 is 4.79 Å². The second kappa shape index (κ2) is 3.67. The largest absolute Gasteiger partial charge is 0.344 e. The molecule has 2 N–H and O–H groups in total. The first-order valence-electron chi connectivity index (χ1n) is 4.61. The van der Waals surface area contributed by atoms with Crippen LogP contribution in [0, 0.1) is 0 Å². The van der Waals surface area contributed by atoms with Gasteiger partial charge in [-0.15, -0.1) is 11.3 Å². The fourth-order valence-electron chi connectivity index (χ4n) is 1.59. The normalized spacial score (nSPS) is 26.4. The maximum atomic E-state index is 11.7. The van der Waals surface area contributed by atoms with Crippen LogP contribution in [0.1, 0.15) is 23.8 Å². The van der Waals surface area contributed by atoms with E-state index in [-0.39, 0.29) is 11.4 Å². The van der Waals surface area contributed by atoms with E-state index in [4.69, 9.17) is 0 Å². The molecule has 1 saturated heterocycles. The van der Waals surface area contributed by atoms with E-state index in [0.717, 1.165) is 19.5 Å². The summed E-state index contributed by atoms with van der Waals surface area (Å²) in [5.41, 5.74) is 2.08. The average molecular weight is 211 g/mol. The molecule has 2 heterocycles. The average Bonchev–Trinajstić information content (AvgIpc) is 2.74. The predicted octanol–water partition coefficient (Wildman–Crippen LogP) is 0.625. The summed E-state index contributed by atoms with van der Waals surface area (Å²) >= 11 is 1.44. The highest BCUT2D eigenvalue weighted by Crippen LogP contribution is 2.14. The molecule has 1 aliphatic heterocycles. The van der Waals surface area contributed by atoms with Crippen molar-refractivity contribution in [3.8, 4) is 0 Å². The third-order valence-corrected chi connectivity index (χ3v) is 3.04. The molecule has 1 aliphatic rings. The zero-order chi connectivity index (χ0) is 10.0. The Labute approximate surface area is 86.7 Å². The van der Waals surface area contributed by atoms with Crippen LogP contribution in [0.25, 0.3) is 0 Å². The van der Waals surface area contributed by atoms with Crippen LogP contribution in [-0.2, 0) is 0 Å². The van der Waals surface area contributed by atoms with Crippen LogP contribution < -0.4 is 10.6 Å². The van der Waals surface area contributed by atoms with E-state index in [9.17, 15) is 4.79 Å². The number of amides is 1. The standard InChI is InChI=1S/C9H13N3OS/c1-9(2-3-10-5-9)12-8(13)7-4-14-6-11-7/h4,6,10H,2-3,5H2,1H3,(H,12,13). The van der Waals surface area contributed by atoms with E-state index in [1.165, 1.54) is 11.3 Å². The van der Waals surface area contributed by atoms with Gasteiger partial charge in [0.2, 0.25) is 0 Å². The third-order valence-electron chi connectivity index (χ3n) is 2.45. The number of rotatable bonds is 2. The molecule has 76 valence electrons. The highest BCUT2D eigenvalue weighted by atomic mass is 32.1. The molecule has 1 amide bonds. The SMILES string of the molecule is CC1(NC(=O)c2cscn2)CCNC1. The molecular formula is C9H13N3OS. The number of nitrogens with zero attached hydrogens (tertiary/aromatic N) is 1. The van der Waals surface area contributed by atoms with Crippen LogP contribution in [0.5, 0.6) is 0 Å². The number of hydrogen-bond acceptors (Lipinski definition) is 4. The fraction of sp³-hybridized carbons (Fsp3) is 0.556. The van der Waals surface area contributed by atoms with Crippen molar-refractivity contribution in [3.05, 3.63) is 16.6 Å². The van der Waals surface area contributed by atoms with Gasteiger partial charge in [-0.25, -0.2) is 4.98 Å². The Morgan fingerprint density at radius 1 is 1.79 bits per heavy atom. The number of carbonyl (C=O) groups excluding carboxylic acids is 1. The number of nitrogens with one attached hydrogen (secondary N) is 2. The minimum Gasteiger partial charge on any atom is -0.344 e. The molecule has 0 saturated carbocycles. The zero-order valence-corrected chi connectivity index (χ0v) is 8.86. The summed E-state index contributed by atoms with van der Waals surface area (Å²) in [7, 11) is 0. The lowest BCUT2D eigenvalue weighted by atomic mass is 10.0. The first-order chi connectivity index (χ1) is 6.70. The molecule has 0 aliphatic carbocycles. The van der Waals surface area contributed by atoms with Crippen LogP contribution in [0.3, 0.4) is 0 Å². The summed E-state index contributed by atoms with van der Waals surface area (Å²) in [4.78, 5) is 15.6. The van der Waals surface area contributed by atoms with E-state index in [0.29, 0.717) is 5.69 Å². The van der Waals surface area contributed by atoms with Gasteiger partial charge in [-0.05, 0) is 19.9 Å². The van der Waals surface area contributed by atoms with E-state index in [2.05, 4.69) is 22.5 Å². The molecule has 1 unspecified atom stereocenters. The fourth-order valence-corrected chi connectivity index (χ4v) is 2.12. The van der Waals surface area contributed by atoms with Gasteiger partial charge in [-0.3, -0.25) is 4.79 Å². The molecule has 14 heavy (non-hydrogen) atoms. The number of carbonyl (C=O) groups is 1. The molecule has 2 rings (SSSR count). The zero-order valence-electron chi connectivity index (χ0n) is 8.04. The Balaban J connectivity index is 2.01. The third kappa shape index (κ3) is 1.93. The molecule has 1 fully saturated rings. The van der Waals surface area contributed by atoms with Crippen molar-refractivity contribution in [3.63, 3.8) is 0 Å². The summed E-state index contributed by atoms with van der Waals surface area (Å²) in [5.74, 6) is -0.0718. The molecular weight excluding hydrogens is 198 g/mol. The molecule has 0 bridgehead atoms. The minimum atomic E-state index is -0.110. The van der Waals surface area contributed by atoms with E-state index < -0.39 is 0 Å². The smallest absolute Gasteiger partial charge is 0.271 e. The summed E-state index contributed by atoms with van der Waals surface area (Å²) in [6.07, 6.45) is 0.975. The molecule has 5 heteroatoms. The molecule has 1 aromatic rings. The van der Waals surface area contributed by atoms with Gasteiger partial charge in [0, 0.05) is 11.9 Å².